The molecule has 1 aliphatic heterocycles. The zero-order valence-electron chi connectivity index (χ0n) is 14.3. The first-order chi connectivity index (χ1) is 10.9. The van der Waals surface area contributed by atoms with E-state index in [9.17, 15) is 4.79 Å². The van der Waals surface area contributed by atoms with Gasteiger partial charge in [0, 0.05) is 25.3 Å². The maximum absolute atomic E-state index is 11.9. The molecule has 5 heteroatoms. The molecular formula is C18H27N3O2. The summed E-state index contributed by atoms with van der Waals surface area (Å²) in [6.45, 7) is 12.1. The van der Waals surface area contributed by atoms with Crippen LogP contribution in [0.3, 0.4) is 0 Å². The number of aromatic nitrogens is 1. The number of piperidine rings is 1. The summed E-state index contributed by atoms with van der Waals surface area (Å²) in [5.74, 6) is 0. The molecule has 0 bridgehead atoms. The van der Waals surface area contributed by atoms with Gasteiger partial charge in [0.1, 0.15) is 5.60 Å². The van der Waals surface area contributed by atoms with Crippen LogP contribution in [0, 0.1) is 0 Å². The normalized spacial score (nSPS) is 19.2. The molecule has 1 atom stereocenters. The van der Waals surface area contributed by atoms with Crippen LogP contribution in [0.2, 0.25) is 0 Å². The van der Waals surface area contributed by atoms with E-state index < -0.39 is 5.60 Å². The van der Waals surface area contributed by atoms with Crippen LogP contribution in [0.15, 0.2) is 24.9 Å². The quantitative estimate of drug-likeness (QED) is 0.926. The molecule has 0 unspecified atom stereocenters. The lowest BCUT2D eigenvalue weighted by Crippen LogP contribution is -2.48. The lowest BCUT2D eigenvalue weighted by atomic mass is 10.0. The Labute approximate surface area is 138 Å². The Morgan fingerprint density at radius 2 is 2.35 bits per heavy atom. The van der Waals surface area contributed by atoms with Gasteiger partial charge in [-0.25, -0.2) is 4.79 Å². The number of nitrogens with zero attached hydrogens (tertiary/aromatic N) is 2. The molecule has 126 valence electrons. The summed E-state index contributed by atoms with van der Waals surface area (Å²) in [5, 5.41) is 2.98. The van der Waals surface area contributed by atoms with E-state index in [-0.39, 0.29) is 12.1 Å². The number of carbonyl (C=O) groups is 1. The maximum Gasteiger partial charge on any atom is 0.407 e. The van der Waals surface area contributed by atoms with Gasteiger partial charge in [0.15, 0.2) is 0 Å². The van der Waals surface area contributed by atoms with Crippen molar-refractivity contribution in [2.24, 2.45) is 0 Å². The van der Waals surface area contributed by atoms with Crippen molar-refractivity contribution in [1.29, 1.82) is 0 Å². The molecule has 23 heavy (non-hydrogen) atoms. The molecule has 1 aromatic rings. The second kappa shape index (κ2) is 7.59. The van der Waals surface area contributed by atoms with E-state index >= 15 is 0 Å². The van der Waals surface area contributed by atoms with Gasteiger partial charge in [0.05, 0.1) is 5.69 Å². The highest BCUT2D eigenvalue weighted by Crippen LogP contribution is 2.15. The van der Waals surface area contributed by atoms with Gasteiger partial charge in [0.25, 0.3) is 0 Å². The molecule has 1 fully saturated rings. The molecule has 1 aromatic heterocycles. The highest BCUT2D eigenvalue weighted by Gasteiger charge is 2.24. The summed E-state index contributed by atoms with van der Waals surface area (Å²) in [6.07, 6.45) is 5.30. The molecule has 1 aliphatic rings. The molecule has 2 rings (SSSR count). The Morgan fingerprint density at radius 1 is 1.57 bits per heavy atom. The highest BCUT2D eigenvalue weighted by molar-refractivity contribution is 5.68. The highest BCUT2D eigenvalue weighted by atomic mass is 16.6. The standard InChI is InChI=1S/C18H27N3O2/c1-5-15-11-14(8-9-19-15)12-21-10-6-7-16(13-21)20-17(22)23-18(2,3)4/h5,8-9,11,16H,1,6-7,10,12-13H2,2-4H3,(H,20,22)/t16-/m1/s1. The third kappa shape index (κ3) is 6.02. The third-order valence-corrected chi connectivity index (χ3v) is 3.69. The summed E-state index contributed by atoms with van der Waals surface area (Å²) in [7, 11) is 0. The van der Waals surface area contributed by atoms with Crippen molar-refractivity contribution in [2.45, 2.75) is 51.8 Å². The number of pyridine rings is 1. The summed E-state index contributed by atoms with van der Waals surface area (Å²) >= 11 is 0. The van der Waals surface area contributed by atoms with E-state index in [2.05, 4.69) is 27.8 Å². The van der Waals surface area contributed by atoms with Crippen molar-refractivity contribution < 1.29 is 9.53 Å². The zero-order chi connectivity index (χ0) is 16.9. The van der Waals surface area contributed by atoms with Crippen LogP contribution < -0.4 is 5.32 Å². The summed E-state index contributed by atoms with van der Waals surface area (Å²) in [4.78, 5) is 18.5. The summed E-state index contributed by atoms with van der Waals surface area (Å²) in [6, 6.07) is 4.22. The number of likely N-dealkylation sites (tertiary alicyclic amines) is 1. The Kier molecular flexibility index (Phi) is 5.77. The van der Waals surface area contributed by atoms with Crippen LogP contribution in [-0.2, 0) is 11.3 Å². The van der Waals surface area contributed by atoms with Crippen LogP contribution in [0.1, 0.15) is 44.9 Å². The molecule has 2 heterocycles. The average molecular weight is 317 g/mol. The zero-order valence-corrected chi connectivity index (χ0v) is 14.3. The average Bonchev–Trinajstić information content (AvgIpc) is 2.45. The first kappa shape index (κ1) is 17.5. The van der Waals surface area contributed by atoms with E-state index in [1.54, 1.807) is 6.08 Å². The summed E-state index contributed by atoms with van der Waals surface area (Å²) < 4.78 is 5.34. The first-order valence-electron chi connectivity index (χ1n) is 8.15. The van der Waals surface area contributed by atoms with E-state index in [1.807, 2.05) is 33.0 Å². The Hall–Kier alpha value is -1.88. The fourth-order valence-electron chi connectivity index (χ4n) is 2.75. The van der Waals surface area contributed by atoms with Gasteiger partial charge in [-0.2, -0.15) is 0 Å². The van der Waals surface area contributed by atoms with Crippen molar-refractivity contribution in [2.75, 3.05) is 13.1 Å². The molecule has 1 N–H and O–H groups in total. The molecule has 0 radical (unpaired) electrons. The molecule has 1 amide bonds. The fourth-order valence-corrected chi connectivity index (χ4v) is 2.75. The number of hydrogen-bond acceptors (Lipinski definition) is 4. The Bertz CT molecular complexity index is 551. The minimum Gasteiger partial charge on any atom is -0.444 e. The predicted molar refractivity (Wildman–Crippen MR) is 92.0 cm³/mol. The van der Waals surface area contributed by atoms with Gasteiger partial charge < -0.3 is 10.1 Å². The molecule has 5 nitrogen and oxygen atoms in total. The molecule has 0 aliphatic carbocycles. The minimum absolute atomic E-state index is 0.138. The minimum atomic E-state index is -0.462. The van der Waals surface area contributed by atoms with E-state index in [0.29, 0.717) is 0 Å². The van der Waals surface area contributed by atoms with Crippen LogP contribution in [0.25, 0.3) is 6.08 Å². The van der Waals surface area contributed by atoms with Gasteiger partial charge in [-0.1, -0.05) is 6.58 Å². The number of nitrogens with one attached hydrogen (secondary N) is 1. The van der Waals surface area contributed by atoms with Crippen molar-refractivity contribution in [3.8, 4) is 0 Å². The van der Waals surface area contributed by atoms with Crippen molar-refractivity contribution >= 4 is 12.2 Å². The topological polar surface area (TPSA) is 54.5 Å². The van der Waals surface area contributed by atoms with Crippen molar-refractivity contribution in [3.05, 3.63) is 36.2 Å². The second-order valence-corrected chi connectivity index (χ2v) is 7.01. The predicted octanol–water partition coefficient (Wildman–Crippen LogP) is 3.21. The Balaban J connectivity index is 1.87. The Morgan fingerprint density at radius 3 is 3.04 bits per heavy atom. The van der Waals surface area contributed by atoms with Crippen LogP contribution in [-0.4, -0.2) is 40.7 Å². The number of alkyl carbamates (subject to hydrolysis) is 1. The SMILES string of the molecule is C=Cc1cc(CN2CCC[C@@H](NC(=O)OC(C)(C)C)C2)ccn1. The van der Waals surface area contributed by atoms with Crippen LogP contribution in [0.5, 0.6) is 0 Å². The molecule has 0 spiro atoms. The monoisotopic (exact) mass is 317 g/mol. The van der Waals surface area contributed by atoms with Crippen molar-refractivity contribution in [1.82, 2.24) is 15.2 Å². The maximum atomic E-state index is 11.9. The number of ether oxygens (including phenoxy) is 1. The van der Waals surface area contributed by atoms with Crippen molar-refractivity contribution in [3.63, 3.8) is 0 Å². The van der Waals surface area contributed by atoms with Gasteiger partial charge in [0.2, 0.25) is 0 Å². The van der Waals surface area contributed by atoms with E-state index in [1.165, 1.54) is 5.56 Å². The second-order valence-electron chi connectivity index (χ2n) is 7.01. The lowest BCUT2D eigenvalue weighted by Gasteiger charge is -2.33. The smallest absolute Gasteiger partial charge is 0.407 e. The van der Waals surface area contributed by atoms with Gasteiger partial charge in [-0.3, -0.25) is 9.88 Å². The number of carbonyl (C=O) groups excluding carboxylic acids is 1. The van der Waals surface area contributed by atoms with Gasteiger partial charge >= 0.3 is 6.09 Å². The van der Waals surface area contributed by atoms with Crippen LogP contribution in [0.4, 0.5) is 4.79 Å². The van der Waals surface area contributed by atoms with E-state index in [4.69, 9.17) is 4.74 Å². The third-order valence-electron chi connectivity index (χ3n) is 3.69. The molecular weight excluding hydrogens is 290 g/mol. The number of hydrogen-bond donors (Lipinski definition) is 1. The van der Waals surface area contributed by atoms with Gasteiger partial charge in [-0.05, 0) is 63.9 Å². The first-order valence-corrected chi connectivity index (χ1v) is 8.15. The van der Waals surface area contributed by atoms with Crippen LogP contribution >= 0.6 is 0 Å². The molecule has 1 saturated heterocycles. The number of rotatable bonds is 4. The lowest BCUT2D eigenvalue weighted by molar-refractivity contribution is 0.0470. The summed E-state index contributed by atoms with van der Waals surface area (Å²) in [5.41, 5.74) is 1.65. The van der Waals surface area contributed by atoms with Gasteiger partial charge in [-0.15, -0.1) is 0 Å². The largest absolute Gasteiger partial charge is 0.444 e. The number of amides is 1. The fraction of sp³-hybridized carbons (Fsp3) is 0.556. The molecule has 0 saturated carbocycles. The van der Waals surface area contributed by atoms with E-state index in [0.717, 1.165) is 38.2 Å². The molecule has 0 aromatic carbocycles.